The highest BCUT2D eigenvalue weighted by Crippen LogP contribution is 2.35. The number of Topliss-reactive ketones (excluding diaryl/α,β-unsaturated/α-hetero) is 1. The summed E-state index contributed by atoms with van der Waals surface area (Å²) < 4.78 is 41.1. The van der Waals surface area contributed by atoms with E-state index in [1.807, 2.05) is 0 Å². The van der Waals surface area contributed by atoms with Gasteiger partial charge in [-0.3, -0.25) is 4.79 Å². The number of alkyl halides is 3. The Morgan fingerprint density at radius 3 is 2.47 bits per heavy atom. The van der Waals surface area contributed by atoms with Crippen LogP contribution in [0.4, 0.5) is 23.7 Å². The first-order valence-electron chi connectivity index (χ1n) is 8.76. The zero-order valence-electron chi connectivity index (χ0n) is 15.3. The summed E-state index contributed by atoms with van der Waals surface area (Å²) in [7, 11) is 0. The first-order chi connectivity index (χ1) is 14.2. The normalized spacial score (nSPS) is 16.9. The first-order valence-corrected chi connectivity index (χ1v) is 9.14. The van der Waals surface area contributed by atoms with Crippen molar-refractivity contribution in [3.8, 4) is 5.75 Å². The standard InChI is InChI=1S/C20H15ClF3N3O3/c1-25-16-8-12(4-7-15(16)21)14(9-18(28)17-10-26-19(29)27-17)11-2-5-13(6-3-11)30-20(22,23)24/h2-8,14,17H,9-10H2,(H2,26,27,29)/t14?,17-/m0/s1. The van der Waals surface area contributed by atoms with Gasteiger partial charge >= 0.3 is 12.4 Å². The third-order valence-electron chi connectivity index (χ3n) is 4.58. The average Bonchev–Trinajstić information content (AvgIpc) is 3.12. The van der Waals surface area contributed by atoms with E-state index < -0.39 is 24.4 Å². The molecule has 2 N–H and O–H groups in total. The summed E-state index contributed by atoms with van der Waals surface area (Å²) in [6.45, 7) is 7.38. The van der Waals surface area contributed by atoms with Crippen molar-refractivity contribution < 1.29 is 27.5 Å². The van der Waals surface area contributed by atoms with Crippen molar-refractivity contribution in [3.63, 3.8) is 0 Å². The molecule has 6 nitrogen and oxygen atoms in total. The number of halogens is 4. The molecule has 3 rings (SSSR count). The fraction of sp³-hybridized carbons (Fsp3) is 0.250. The molecule has 10 heteroatoms. The smallest absolute Gasteiger partial charge is 0.406 e. The lowest BCUT2D eigenvalue weighted by Gasteiger charge is -2.20. The summed E-state index contributed by atoms with van der Waals surface area (Å²) in [5, 5.41) is 5.27. The molecule has 1 aliphatic rings. The van der Waals surface area contributed by atoms with Crippen LogP contribution >= 0.6 is 11.6 Å². The van der Waals surface area contributed by atoms with Crippen molar-refractivity contribution in [2.45, 2.75) is 24.7 Å². The van der Waals surface area contributed by atoms with Crippen LogP contribution in [0.5, 0.6) is 5.75 Å². The molecule has 0 aliphatic carbocycles. The molecule has 2 aromatic carbocycles. The van der Waals surface area contributed by atoms with Gasteiger partial charge in [0.2, 0.25) is 5.69 Å². The number of rotatable bonds is 6. The summed E-state index contributed by atoms with van der Waals surface area (Å²) in [6, 6.07) is 8.74. The lowest BCUT2D eigenvalue weighted by Crippen LogP contribution is -2.35. The zero-order valence-corrected chi connectivity index (χ0v) is 16.1. The van der Waals surface area contributed by atoms with Crippen LogP contribution < -0.4 is 15.4 Å². The Hall–Kier alpha value is -3.25. The van der Waals surface area contributed by atoms with Gasteiger partial charge < -0.3 is 15.4 Å². The van der Waals surface area contributed by atoms with Crippen molar-refractivity contribution >= 4 is 29.1 Å². The van der Waals surface area contributed by atoms with E-state index in [9.17, 15) is 22.8 Å². The van der Waals surface area contributed by atoms with Crippen LogP contribution in [0.15, 0.2) is 42.5 Å². The summed E-state index contributed by atoms with van der Waals surface area (Å²) in [6.07, 6.45) is -4.85. The van der Waals surface area contributed by atoms with Gasteiger partial charge in [-0.1, -0.05) is 47.5 Å². The Morgan fingerprint density at radius 1 is 1.23 bits per heavy atom. The number of ether oxygens (including phenoxy) is 1. The summed E-state index contributed by atoms with van der Waals surface area (Å²) in [5.74, 6) is -1.21. The molecule has 1 unspecified atom stereocenters. The Bertz CT molecular complexity index is 1000. The largest absolute Gasteiger partial charge is 0.573 e. The highest BCUT2D eigenvalue weighted by Gasteiger charge is 2.32. The Balaban J connectivity index is 1.92. The second kappa shape index (κ2) is 8.63. The number of carbonyl (C=O) groups excluding carboxylic acids is 2. The SMILES string of the molecule is [C-]#[N+]c1cc(C(CC(=O)[C@@H]2CNC(=O)N2)c2ccc(OC(F)(F)F)cc2)ccc1Cl. The van der Waals surface area contributed by atoms with Crippen LogP contribution in [0, 0.1) is 6.57 Å². The van der Waals surface area contributed by atoms with Gasteiger partial charge in [0.1, 0.15) is 11.8 Å². The molecule has 2 aromatic rings. The number of hydrogen-bond acceptors (Lipinski definition) is 3. The predicted octanol–water partition coefficient (Wildman–Crippen LogP) is 4.56. The molecule has 1 saturated heterocycles. The van der Waals surface area contributed by atoms with Gasteiger partial charge in [-0.05, 0) is 17.7 Å². The molecular formula is C20H15ClF3N3O3. The van der Waals surface area contributed by atoms with E-state index in [1.165, 1.54) is 18.2 Å². The molecule has 2 atom stereocenters. The van der Waals surface area contributed by atoms with Crippen molar-refractivity contribution in [1.29, 1.82) is 0 Å². The maximum atomic E-state index is 12.7. The fourth-order valence-electron chi connectivity index (χ4n) is 3.15. The molecule has 30 heavy (non-hydrogen) atoms. The van der Waals surface area contributed by atoms with Crippen LogP contribution in [0.2, 0.25) is 5.02 Å². The van der Waals surface area contributed by atoms with Crippen molar-refractivity contribution in [2.75, 3.05) is 6.54 Å². The quantitative estimate of drug-likeness (QED) is 0.651. The van der Waals surface area contributed by atoms with Gasteiger partial charge in [-0.15, -0.1) is 13.2 Å². The molecule has 1 fully saturated rings. The van der Waals surface area contributed by atoms with E-state index in [0.717, 1.165) is 12.1 Å². The zero-order chi connectivity index (χ0) is 21.9. The number of carbonyl (C=O) groups is 2. The first kappa shape index (κ1) is 21.5. The molecule has 0 spiro atoms. The third kappa shape index (κ3) is 5.21. The van der Waals surface area contributed by atoms with Gasteiger partial charge in [0.25, 0.3) is 0 Å². The minimum absolute atomic E-state index is 0.0365. The Labute approximate surface area is 174 Å². The fourth-order valence-corrected chi connectivity index (χ4v) is 3.31. The monoisotopic (exact) mass is 437 g/mol. The maximum absolute atomic E-state index is 12.7. The highest BCUT2D eigenvalue weighted by atomic mass is 35.5. The van der Waals surface area contributed by atoms with E-state index >= 15 is 0 Å². The second-order valence-electron chi connectivity index (χ2n) is 6.57. The second-order valence-corrected chi connectivity index (χ2v) is 6.98. The van der Waals surface area contributed by atoms with Gasteiger partial charge in [0, 0.05) is 23.9 Å². The van der Waals surface area contributed by atoms with Gasteiger partial charge in [0.05, 0.1) is 6.57 Å². The van der Waals surface area contributed by atoms with Gasteiger partial charge in [-0.2, -0.15) is 0 Å². The van der Waals surface area contributed by atoms with Crippen molar-refractivity contribution in [1.82, 2.24) is 10.6 Å². The average molecular weight is 438 g/mol. The number of ketones is 1. The van der Waals surface area contributed by atoms with Crippen LogP contribution in [-0.2, 0) is 4.79 Å². The van der Waals surface area contributed by atoms with Gasteiger partial charge in [0.15, 0.2) is 5.78 Å². The number of urea groups is 1. The third-order valence-corrected chi connectivity index (χ3v) is 4.89. The van der Waals surface area contributed by atoms with E-state index in [2.05, 4.69) is 20.2 Å². The molecule has 156 valence electrons. The molecule has 0 saturated carbocycles. The molecule has 0 bridgehead atoms. The maximum Gasteiger partial charge on any atom is 0.573 e. The number of nitrogens with zero attached hydrogens (tertiary/aromatic N) is 1. The molecule has 2 amide bonds. The summed E-state index contributed by atoms with van der Waals surface area (Å²) in [4.78, 5) is 27.4. The van der Waals surface area contributed by atoms with Gasteiger partial charge in [-0.25, -0.2) is 9.64 Å². The molecular weight excluding hydrogens is 423 g/mol. The van der Waals surface area contributed by atoms with E-state index in [-0.39, 0.29) is 35.2 Å². The predicted molar refractivity (Wildman–Crippen MR) is 103 cm³/mol. The summed E-state index contributed by atoms with van der Waals surface area (Å²) in [5.41, 5.74) is 1.34. The summed E-state index contributed by atoms with van der Waals surface area (Å²) >= 11 is 6.00. The minimum atomic E-state index is -4.81. The van der Waals surface area contributed by atoms with Crippen LogP contribution in [0.3, 0.4) is 0 Å². The topological polar surface area (TPSA) is 71.8 Å². The molecule has 0 aromatic heterocycles. The van der Waals surface area contributed by atoms with E-state index in [0.29, 0.717) is 11.1 Å². The molecule has 0 radical (unpaired) electrons. The number of amides is 2. The van der Waals surface area contributed by atoms with E-state index in [1.54, 1.807) is 12.1 Å². The number of benzene rings is 2. The lowest BCUT2D eigenvalue weighted by atomic mass is 9.85. The van der Waals surface area contributed by atoms with Crippen LogP contribution in [-0.4, -0.2) is 30.8 Å². The van der Waals surface area contributed by atoms with E-state index in [4.69, 9.17) is 18.2 Å². The molecule has 1 aliphatic heterocycles. The minimum Gasteiger partial charge on any atom is -0.406 e. The van der Waals surface area contributed by atoms with Crippen molar-refractivity contribution in [3.05, 3.63) is 70.0 Å². The van der Waals surface area contributed by atoms with Crippen LogP contribution in [0.25, 0.3) is 4.85 Å². The van der Waals surface area contributed by atoms with Crippen molar-refractivity contribution in [2.24, 2.45) is 0 Å². The lowest BCUT2D eigenvalue weighted by molar-refractivity contribution is -0.274. The Morgan fingerprint density at radius 2 is 1.90 bits per heavy atom. The molecule has 1 heterocycles. The highest BCUT2D eigenvalue weighted by molar-refractivity contribution is 6.33. The Kier molecular flexibility index (Phi) is 6.17. The number of hydrogen-bond donors (Lipinski definition) is 2. The van der Waals surface area contributed by atoms with Crippen LogP contribution in [0.1, 0.15) is 23.5 Å². The number of nitrogens with one attached hydrogen (secondary N) is 2.